The molecule has 2 nitrogen and oxygen atoms in total. The zero-order chi connectivity index (χ0) is 6.69. The average Bonchev–Trinajstić information content (AvgIpc) is 1.89. The molecule has 0 fully saturated rings. The lowest BCUT2D eigenvalue weighted by atomic mass is 10.2. The van der Waals surface area contributed by atoms with E-state index < -0.39 is 0 Å². The molecule has 0 saturated carbocycles. The van der Waals surface area contributed by atoms with Gasteiger partial charge >= 0.3 is 0 Å². The first-order valence-electron chi connectivity index (χ1n) is 2.70. The van der Waals surface area contributed by atoms with Crippen LogP contribution in [-0.2, 0) is 6.61 Å². The third-order valence-electron chi connectivity index (χ3n) is 1.17. The van der Waals surface area contributed by atoms with E-state index in [-0.39, 0.29) is 6.61 Å². The van der Waals surface area contributed by atoms with Crippen molar-refractivity contribution in [2.75, 3.05) is 0 Å². The Balaban J connectivity index is 3.01. The summed E-state index contributed by atoms with van der Waals surface area (Å²) in [5.74, 6) is 0. The molecule has 2 heteroatoms. The fourth-order valence-electron chi connectivity index (χ4n) is 0.598. The van der Waals surface area contributed by atoms with E-state index >= 15 is 0 Å². The molecule has 0 saturated heterocycles. The summed E-state index contributed by atoms with van der Waals surface area (Å²) in [5.41, 5.74) is 1.63. The Kier molecular flexibility index (Phi) is 1.80. The average molecular weight is 122 g/mol. The molecule has 0 aliphatic heterocycles. The maximum Gasteiger partial charge on any atom is 0.0699 e. The highest BCUT2D eigenvalue weighted by Crippen LogP contribution is 2.02. The van der Waals surface area contributed by atoms with Crippen LogP contribution in [0.1, 0.15) is 11.1 Å². The molecule has 0 aliphatic carbocycles. The lowest BCUT2D eigenvalue weighted by Crippen LogP contribution is -1.87. The topological polar surface area (TPSA) is 33.1 Å². The highest BCUT2D eigenvalue weighted by Gasteiger charge is 1.91. The van der Waals surface area contributed by atoms with Gasteiger partial charge in [-0.3, -0.25) is 4.98 Å². The monoisotopic (exact) mass is 122 g/mol. The van der Waals surface area contributed by atoms with Crippen LogP contribution in [-0.4, -0.2) is 10.1 Å². The Morgan fingerprint density at radius 1 is 1.67 bits per heavy atom. The minimum absolute atomic E-state index is 0.0205. The minimum Gasteiger partial charge on any atom is -0.392 e. The van der Waals surface area contributed by atoms with Crippen LogP contribution >= 0.6 is 0 Å². The van der Waals surface area contributed by atoms with Gasteiger partial charge < -0.3 is 5.11 Å². The zero-order valence-corrected chi connectivity index (χ0v) is 5.04. The van der Waals surface area contributed by atoms with Crippen LogP contribution in [0.5, 0.6) is 0 Å². The molecule has 1 aromatic rings. The molecule has 0 unspecified atom stereocenters. The Morgan fingerprint density at radius 2 is 2.44 bits per heavy atom. The van der Waals surface area contributed by atoms with Crippen LogP contribution in [0.15, 0.2) is 18.5 Å². The van der Waals surface area contributed by atoms with Crippen molar-refractivity contribution in [2.45, 2.75) is 6.61 Å². The molecule has 47 valence electrons. The SMILES string of the molecule is [CH2]c1ccncc1CO. The highest BCUT2D eigenvalue weighted by molar-refractivity contribution is 5.24. The number of hydrogen-bond acceptors (Lipinski definition) is 2. The van der Waals surface area contributed by atoms with Crippen LogP contribution in [0.2, 0.25) is 0 Å². The van der Waals surface area contributed by atoms with E-state index in [1.165, 1.54) is 0 Å². The summed E-state index contributed by atoms with van der Waals surface area (Å²) in [5, 5.41) is 8.64. The summed E-state index contributed by atoms with van der Waals surface area (Å²) in [6.45, 7) is 3.71. The van der Waals surface area contributed by atoms with Gasteiger partial charge in [-0.25, -0.2) is 0 Å². The van der Waals surface area contributed by atoms with Crippen molar-refractivity contribution in [3.8, 4) is 0 Å². The summed E-state index contributed by atoms with van der Waals surface area (Å²) in [6.07, 6.45) is 3.27. The van der Waals surface area contributed by atoms with Crippen LogP contribution in [0.3, 0.4) is 0 Å². The smallest absolute Gasteiger partial charge is 0.0699 e. The third kappa shape index (κ3) is 1.27. The van der Waals surface area contributed by atoms with Crippen LogP contribution in [0, 0.1) is 6.92 Å². The van der Waals surface area contributed by atoms with E-state index in [1.54, 1.807) is 18.5 Å². The number of aliphatic hydroxyl groups is 1. The van der Waals surface area contributed by atoms with Crippen molar-refractivity contribution < 1.29 is 5.11 Å². The molecule has 0 spiro atoms. The van der Waals surface area contributed by atoms with Crippen LogP contribution < -0.4 is 0 Å². The Bertz CT molecular complexity index is 198. The van der Waals surface area contributed by atoms with Crippen molar-refractivity contribution in [2.24, 2.45) is 0 Å². The van der Waals surface area contributed by atoms with Gasteiger partial charge in [-0.15, -0.1) is 0 Å². The molecule has 0 amide bonds. The number of hydrogen-bond donors (Lipinski definition) is 1. The van der Waals surface area contributed by atoms with Crippen molar-refractivity contribution in [1.29, 1.82) is 0 Å². The van der Waals surface area contributed by atoms with Gasteiger partial charge in [-0.05, 0) is 24.1 Å². The Labute approximate surface area is 54.2 Å². The van der Waals surface area contributed by atoms with Gasteiger partial charge in [0.25, 0.3) is 0 Å². The summed E-state index contributed by atoms with van der Waals surface area (Å²) in [6, 6.07) is 1.77. The van der Waals surface area contributed by atoms with Gasteiger partial charge in [0.05, 0.1) is 6.61 Å². The maximum absolute atomic E-state index is 8.64. The third-order valence-corrected chi connectivity index (χ3v) is 1.17. The number of pyridine rings is 1. The fourth-order valence-corrected chi connectivity index (χ4v) is 0.598. The van der Waals surface area contributed by atoms with Crippen molar-refractivity contribution >= 4 is 0 Å². The summed E-state index contributed by atoms with van der Waals surface area (Å²) in [7, 11) is 0. The number of nitrogens with zero attached hydrogens (tertiary/aromatic N) is 1. The molecule has 0 aliphatic rings. The molecule has 0 bridgehead atoms. The van der Waals surface area contributed by atoms with Crippen molar-refractivity contribution in [3.63, 3.8) is 0 Å². The predicted octanol–water partition coefficient (Wildman–Crippen LogP) is 0.756. The van der Waals surface area contributed by atoms with Gasteiger partial charge in [0.1, 0.15) is 0 Å². The quantitative estimate of drug-likeness (QED) is 0.596. The Hall–Kier alpha value is -0.890. The van der Waals surface area contributed by atoms with E-state index in [2.05, 4.69) is 11.9 Å². The van der Waals surface area contributed by atoms with E-state index in [4.69, 9.17) is 5.11 Å². The summed E-state index contributed by atoms with van der Waals surface area (Å²) >= 11 is 0. The normalized spacial score (nSPS) is 9.56. The first kappa shape index (κ1) is 6.23. The molecule has 0 atom stereocenters. The molecule has 9 heavy (non-hydrogen) atoms. The molecule has 0 aromatic carbocycles. The van der Waals surface area contributed by atoms with Gasteiger partial charge in [-0.2, -0.15) is 0 Å². The van der Waals surface area contributed by atoms with E-state index in [9.17, 15) is 0 Å². The molecule has 1 radical (unpaired) electrons. The summed E-state index contributed by atoms with van der Waals surface area (Å²) < 4.78 is 0. The van der Waals surface area contributed by atoms with Gasteiger partial charge in [0.15, 0.2) is 0 Å². The van der Waals surface area contributed by atoms with Crippen molar-refractivity contribution in [1.82, 2.24) is 4.98 Å². The van der Waals surface area contributed by atoms with Crippen LogP contribution in [0.4, 0.5) is 0 Å². The predicted molar refractivity (Wildman–Crippen MR) is 34.6 cm³/mol. The Morgan fingerprint density at radius 3 is 2.89 bits per heavy atom. The minimum atomic E-state index is 0.0205. The first-order valence-corrected chi connectivity index (χ1v) is 2.70. The zero-order valence-electron chi connectivity index (χ0n) is 5.04. The second-order valence-electron chi connectivity index (χ2n) is 1.80. The van der Waals surface area contributed by atoms with Crippen LogP contribution in [0.25, 0.3) is 0 Å². The van der Waals surface area contributed by atoms with Gasteiger partial charge in [0, 0.05) is 12.4 Å². The van der Waals surface area contributed by atoms with E-state index in [0.717, 1.165) is 11.1 Å². The number of aliphatic hydroxyl groups excluding tert-OH is 1. The van der Waals surface area contributed by atoms with E-state index in [0.29, 0.717) is 0 Å². The molecule has 1 aromatic heterocycles. The number of rotatable bonds is 1. The van der Waals surface area contributed by atoms with Gasteiger partial charge in [-0.1, -0.05) is 0 Å². The fraction of sp³-hybridized carbons (Fsp3) is 0.143. The first-order chi connectivity index (χ1) is 4.34. The van der Waals surface area contributed by atoms with Crippen molar-refractivity contribution in [3.05, 3.63) is 36.5 Å². The van der Waals surface area contributed by atoms with E-state index in [1.807, 2.05) is 0 Å². The lowest BCUT2D eigenvalue weighted by Gasteiger charge is -1.96. The standard InChI is InChI=1S/C7H8NO/c1-6-2-3-8-4-7(6)5-9/h2-4,9H,1,5H2. The summed E-state index contributed by atoms with van der Waals surface area (Å²) in [4.78, 5) is 3.82. The van der Waals surface area contributed by atoms with Gasteiger partial charge in [0.2, 0.25) is 0 Å². The highest BCUT2D eigenvalue weighted by atomic mass is 16.3. The molecular formula is C7H8NO. The second kappa shape index (κ2) is 2.60. The molecule has 1 N–H and O–H groups in total. The number of aromatic nitrogens is 1. The largest absolute Gasteiger partial charge is 0.392 e. The maximum atomic E-state index is 8.64. The molecule has 1 rings (SSSR count). The lowest BCUT2D eigenvalue weighted by molar-refractivity contribution is 0.281. The molecular weight excluding hydrogens is 114 g/mol. The molecule has 1 heterocycles. The second-order valence-corrected chi connectivity index (χ2v) is 1.80.